The van der Waals surface area contributed by atoms with Gasteiger partial charge in [0.1, 0.15) is 24.6 Å². The molecule has 4 aromatic carbocycles. The Morgan fingerprint density at radius 3 is 1.46 bits per heavy atom. The first-order valence-electron chi connectivity index (χ1n) is 31.0. The molecule has 0 saturated carbocycles. The maximum absolute atomic E-state index is 13.8. The van der Waals surface area contributed by atoms with Crippen molar-refractivity contribution in [1.82, 2.24) is 29.1 Å². The molecule has 14 nitrogen and oxygen atoms in total. The number of rotatable bonds is 27. The number of esters is 2. The van der Waals surface area contributed by atoms with Crippen molar-refractivity contribution >= 4 is 77.9 Å². The Kier molecular flexibility index (Phi) is 25.7. The first kappa shape index (κ1) is 69.6. The number of Topliss-reactive ketones (excluding diaryl/α,β-unsaturated/α-hetero) is 2. The summed E-state index contributed by atoms with van der Waals surface area (Å²) < 4.78 is 30.6. The maximum Gasteiger partial charge on any atom is 0.338 e. The summed E-state index contributed by atoms with van der Waals surface area (Å²) in [6.07, 6.45) is 14.7. The number of nitrogens with zero attached hydrogens (tertiary/aromatic N) is 5. The Morgan fingerprint density at radius 1 is 0.563 bits per heavy atom. The second-order valence-corrected chi connectivity index (χ2v) is 35.4. The van der Waals surface area contributed by atoms with E-state index in [0.29, 0.717) is 41.5 Å². The third-order valence-electron chi connectivity index (χ3n) is 16.8. The number of aryl methyl sites for hydroxylation is 4. The predicted octanol–water partition coefficient (Wildman–Crippen LogP) is 16.7. The minimum atomic E-state index is -2.19. The zero-order chi connectivity index (χ0) is 63.5. The Morgan fingerprint density at radius 2 is 1.00 bits per heavy atom. The summed E-state index contributed by atoms with van der Waals surface area (Å²) >= 11 is 3.21. The van der Waals surface area contributed by atoms with Crippen molar-refractivity contribution in [1.29, 1.82) is 0 Å². The zero-order valence-corrected chi connectivity index (χ0v) is 57.7. The van der Waals surface area contributed by atoms with Crippen LogP contribution >= 0.6 is 15.9 Å². The molecule has 0 saturated heterocycles. The van der Waals surface area contributed by atoms with E-state index in [1.54, 1.807) is 28.9 Å². The fourth-order valence-corrected chi connectivity index (χ4v) is 12.8. The van der Waals surface area contributed by atoms with Crippen LogP contribution in [0.15, 0.2) is 134 Å². The van der Waals surface area contributed by atoms with Crippen LogP contribution in [-0.4, -0.2) is 100 Å². The van der Waals surface area contributed by atoms with Gasteiger partial charge in [0, 0.05) is 71.3 Å². The van der Waals surface area contributed by atoms with E-state index in [1.165, 1.54) is 10.9 Å². The van der Waals surface area contributed by atoms with E-state index < -0.39 is 16.6 Å². The van der Waals surface area contributed by atoms with Gasteiger partial charge in [-0.2, -0.15) is 10.2 Å². The molecule has 0 unspecified atom stereocenters. The Hall–Kier alpha value is -6.51. The highest BCUT2D eigenvalue weighted by atomic mass is 79.9. The van der Waals surface area contributed by atoms with Gasteiger partial charge in [-0.25, -0.2) is 9.59 Å². The first-order chi connectivity index (χ1) is 41.4. The lowest BCUT2D eigenvalue weighted by Gasteiger charge is -2.39. The van der Waals surface area contributed by atoms with Gasteiger partial charge >= 0.3 is 11.9 Å². The number of nitrogens with one attached hydrogen (secondary N) is 1. The lowest BCUT2D eigenvalue weighted by molar-refractivity contribution is 0.0281. The fraction of sp³-hybridized carbons (Fsp3) is 0.457. The molecule has 0 amide bonds. The van der Waals surface area contributed by atoms with Gasteiger partial charge in [-0.05, 0) is 123 Å². The molecule has 0 fully saturated rings. The van der Waals surface area contributed by atoms with Gasteiger partial charge in [-0.1, -0.05) is 157 Å². The van der Waals surface area contributed by atoms with Crippen LogP contribution < -0.4 is 0 Å². The van der Waals surface area contributed by atoms with E-state index >= 15 is 0 Å². The Balaban J connectivity index is 0.000000235. The van der Waals surface area contributed by atoms with Gasteiger partial charge < -0.3 is 27.9 Å². The molecule has 8 rings (SSSR count). The molecule has 8 aromatic rings. The van der Waals surface area contributed by atoms with Gasteiger partial charge in [-0.3, -0.25) is 19.0 Å². The van der Waals surface area contributed by atoms with Crippen LogP contribution in [-0.2, 0) is 63.6 Å². The largest absolute Gasteiger partial charge is 0.459 e. The summed E-state index contributed by atoms with van der Waals surface area (Å²) in [4.78, 5) is 54.1. The molecule has 4 aromatic heterocycles. The van der Waals surface area contributed by atoms with Gasteiger partial charge in [0.05, 0.1) is 47.6 Å². The van der Waals surface area contributed by atoms with Crippen LogP contribution in [0.4, 0.5) is 0 Å². The smallest absolute Gasteiger partial charge is 0.338 e. The fourth-order valence-electron chi connectivity index (χ4n) is 9.88. The Bertz CT molecular complexity index is 3480. The average Bonchev–Trinajstić information content (AvgIpc) is 4.49. The number of ketones is 2. The van der Waals surface area contributed by atoms with Crippen molar-refractivity contribution in [3.63, 3.8) is 0 Å². The van der Waals surface area contributed by atoms with Crippen LogP contribution in [0.1, 0.15) is 159 Å². The van der Waals surface area contributed by atoms with Crippen LogP contribution in [0.3, 0.4) is 0 Å². The summed E-state index contributed by atoms with van der Waals surface area (Å²) in [5.74, 6) is -0.485. The summed E-state index contributed by atoms with van der Waals surface area (Å²) in [6, 6.07) is 34.6. The monoisotopic (exact) mass is 1280 g/mol. The molecular formula is C70H95BrN6O8Si2. The summed E-state index contributed by atoms with van der Waals surface area (Å²) in [7, 11) is -4.21. The van der Waals surface area contributed by atoms with Gasteiger partial charge in [0.15, 0.2) is 22.4 Å². The van der Waals surface area contributed by atoms with Crippen LogP contribution in [0.2, 0.25) is 36.3 Å². The highest BCUT2D eigenvalue weighted by Crippen LogP contribution is 2.39. The lowest BCUT2D eigenvalue weighted by Crippen LogP contribution is -2.45. The minimum Gasteiger partial charge on any atom is -0.459 e. The first-order valence-corrected chi connectivity index (χ1v) is 37.9. The number of aromatic amines is 1. The molecule has 1 N–H and O–H groups in total. The van der Waals surface area contributed by atoms with Gasteiger partial charge in [-0.15, -0.1) is 0 Å². The standard InChI is InChI=1S/C35H47N3O4Si.C24H31NO3Si.C11H17BrN2O/c1-8-10-16-27-22-36-38(9-2)33(27)32(39)24-37-23-28(30-19-14-15-20-31(30)37)21-29(42-43(6,7)35(3,4)5)25-41-34(40)26-17-12-11-13-18-26;1-24(2,3)29(4,5)28-20(17-27-23(26)18-11-7-6-8-12-18)15-19-16-25-22-14-10-9-13-21(19)22;1-3-5-6-9-8-13-14(4-2)11(9)10(15)7-12/h11-15,17-20,22-23,29H,8-10,16,21,24-25H2,1-7H3;6-14,16,20,25H,15,17H2,1-5H3;8H,3-7H2,1-2H3/t29-;20-;/m00./s1. The maximum atomic E-state index is 13.8. The highest BCUT2D eigenvalue weighted by Gasteiger charge is 2.41. The number of carbonyl (C=O) groups excluding carboxylic acids is 4. The van der Waals surface area contributed by atoms with Crippen molar-refractivity contribution in [3.05, 3.63) is 179 Å². The number of benzene rings is 4. The molecule has 0 spiro atoms. The highest BCUT2D eigenvalue weighted by molar-refractivity contribution is 9.09. The quantitative estimate of drug-likeness (QED) is 0.0227. The van der Waals surface area contributed by atoms with Crippen LogP contribution in [0.25, 0.3) is 21.8 Å². The third kappa shape index (κ3) is 19.0. The van der Waals surface area contributed by atoms with Crippen molar-refractivity contribution in [2.75, 3.05) is 18.5 Å². The van der Waals surface area contributed by atoms with Crippen LogP contribution in [0.5, 0.6) is 0 Å². The lowest BCUT2D eigenvalue weighted by atomic mass is 10.1. The number of halogens is 1. The average molecular weight is 1280 g/mol. The molecule has 0 aliphatic rings. The van der Waals surface area contributed by atoms with Crippen molar-refractivity contribution in [2.24, 2.45) is 0 Å². The van der Waals surface area contributed by atoms with Crippen molar-refractivity contribution < 1.29 is 37.5 Å². The molecule has 0 aliphatic heterocycles. The molecule has 17 heteroatoms. The number of unbranched alkanes of at least 4 members (excludes halogenated alkanes) is 2. The minimum absolute atomic E-state index is 0.00712. The number of hydrogen-bond donors (Lipinski definition) is 1. The molecule has 0 bridgehead atoms. The third-order valence-corrected chi connectivity index (χ3v) is 26.4. The number of H-pyrrole nitrogens is 1. The number of alkyl halides is 1. The van der Waals surface area contributed by atoms with Gasteiger partial charge in [0.25, 0.3) is 0 Å². The zero-order valence-electron chi connectivity index (χ0n) is 54.1. The molecule has 468 valence electrons. The van der Waals surface area contributed by atoms with E-state index in [4.69, 9.17) is 18.3 Å². The van der Waals surface area contributed by atoms with Crippen molar-refractivity contribution in [3.8, 4) is 0 Å². The molecule has 4 heterocycles. The SMILES string of the molecule is CC(C)(C)[Si](C)(C)O[C@H](COC(=O)c1ccccc1)Cc1c[nH]c2ccccc12.CCCCc1cnn(CC)c1C(=O)CBr.CCCCc1cnn(CC)c1C(=O)Cn1cc(C[C@@H](COC(=O)c2ccccc2)O[Si](C)(C)C(C)(C)C)c2ccccc21. The molecule has 0 radical (unpaired) electrons. The van der Waals surface area contributed by atoms with E-state index in [2.05, 4.69) is 143 Å². The summed E-state index contributed by atoms with van der Waals surface area (Å²) in [5, 5.41) is 11.4. The predicted molar refractivity (Wildman–Crippen MR) is 361 cm³/mol. The Labute approximate surface area is 527 Å². The van der Waals surface area contributed by atoms with Crippen LogP contribution in [0, 0.1) is 0 Å². The number of para-hydroxylation sites is 2. The second-order valence-electron chi connectivity index (χ2n) is 25.4. The topological polar surface area (TPSA) is 162 Å². The number of hydrogen-bond acceptors (Lipinski definition) is 10. The molecule has 0 aliphatic carbocycles. The van der Waals surface area contributed by atoms with E-state index in [-0.39, 0.29) is 65.5 Å². The molecule has 87 heavy (non-hydrogen) atoms. The van der Waals surface area contributed by atoms with E-state index in [1.807, 2.05) is 102 Å². The number of aromatic nitrogens is 6. The summed E-state index contributed by atoms with van der Waals surface area (Å²) in [6.45, 7) is 32.5. The van der Waals surface area contributed by atoms with E-state index in [0.717, 1.165) is 83.9 Å². The second kappa shape index (κ2) is 32.1. The number of ether oxygens (including phenoxy) is 2. The molecule has 2 atom stereocenters. The van der Waals surface area contributed by atoms with Gasteiger partial charge in [0.2, 0.25) is 5.78 Å². The summed E-state index contributed by atoms with van der Waals surface area (Å²) in [5.41, 5.74) is 9.03. The van der Waals surface area contributed by atoms with E-state index in [9.17, 15) is 19.2 Å². The number of carbonyl (C=O) groups is 4. The number of fused-ring (bicyclic) bond motifs is 2. The normalized spacial score (nSPS) is 12.7. The molecular weight excluding hydrogens is 1190 g/mol. The van der Waals surface area contributed by atoms with Crippen molar-refractivity contribution in [2.45, 2.75) is 189 Å².